The van der Waals surface area contributed by atoms with Gasteiger partial charge in [-0.3, -0.25) is 4.79 Å². The molecule has 0 aliphatic heterocycles. The van der Waals surface area contributed by atoms with Crippen LogP contribution >= 0.6 is 22.6 Å². The number of halogens is 4. The van der Waals surface area contributed by atoms with Crippen LogP contribution in [-0.2, 0) is 16.0 Å². The zero-order chi connectivity index (χ0) is 15.3. The van der Waals surface area contributed by atoms with Gasteiger partial charge >= 0.3 is 12.3 Å². The van der Waals surface area contributed by atoms with Crippen LogP contribution < -0.4 is 4.74 Å². The molecular formula is C12H9F3INO3. The summed E-state index contributed by atoms with van der Waals surface area (Å²) in [6, 6.07) is 4.10. The molecule has 0 heterocycles. The van der Waals surface area contributed by atoms with Gasteiger partial charge in [-0.2, -0.15) is 5.26 Å². The van der Waals surface area contributed by atoms with E-state index in [2.05, 4.69) is 4.74 Å². The van der Waals surface area contributed by atoms with Gasteiger partial charge in [-0.15, -0.1) is 13.2 Å². The Labute approximate surface area is 126 Å². The lowest BCUT2D eigenvalue weighted by molar-refractivity contribution is -0.275. The quantitative estimate of drug-likeness (QED) is 0.577. The lowest BCUT2D eigenvalue weighted by atomic mass is 10.1. The Kier molecular flexibility index (Phi) is 5.62. The van der Waals surface area contributed by atoms with Crippen LogP contribution in [0.25, 0.3) is 0 Å². The van der Waals surface area contributed by atoms with Crippen LogP contribution in [0.5, 0.6) is 5.75 Å². The van der Waals surface area contributed by atoms with E-state index in [1.807, 2.05) is 0 Å². The van der Waals surface area contributed by atoms with Crippen LogP contribution in [-0.4, -0.2) is 18.9 Å². The molecule has 1 rings (SSSR count). The SMILES string of the molecule is CCOC(=O)Cc1ccc(OC(F)(F)F)c(I)c1C#N. The van der Waals surface area contributed by atoms with Crippen molar-refractivity contribution in [1.82, 2.24) is 0 Å². The van der Waals surface area contributed by atoms with Crippen molar-refractivity contribution in [2.75, 3.05) is 6.61 Å². The highest BCUT2D eigenvalue weighted by Gasteiger charge is 2.32. The first kappa shape index (κ1) is 16.6. The van der Waals surface area contributed by atoms with Crippen molar-refractivity contribution in [2.45, 2.75) is 19.7 Å². The number of carbonyl (C=O) groups excluding carboxylic acids is 1. The van der Waals surface area contributed by atoms with Crippen molar-refractivity contribution in [3.05, 3.63) is 26.8 Å². The van der Waals surface area contributed by atoms with Gasteiger partial charge in [0.2, 0.25) is 0 Å². The summed E-state index contributed by atoms with van der Waals surface area (Å²) in [4.78, 5) is 11.4. The number of benzene rings is 1. The number of nitriles is 1. The minimum Gasteiger partial charge on any atom is -0.466 e. The maximum Gasteiger partial charge on any atom is 0.573 e. The van der Waals surface area contributed by atoms with Crippen molar-refractivity contribution >= 4 is 28.6 Å². The predicted molar refractivity (Wildman–Crippen MR) is 70.9 cm³/mol. The Morgan fingerprint density at radius 3 is 2.60 bits per heavy atom. The highest BCUT2D eigenvalue weighted by molar-refractivity contribution is 14.1. The lowest BCUT2D eigenvalue weighted by Gasteiger charge is -2.13. The summed E-state index contributed by atoms with van der Waals surface area (Å²) >= 11 is 1.58. The van der Waals surface area contributed by atoms with Crippen LogP contribution in [0.1, 0.15) is 18.1 Å². The fourth-order valence-electron chi connectivity index (χ4n) is 1.44. The second kappa shape index (κ2) is 6.78. The third-order valence-corrected chi connectivity index (χ3v) is 3.24. The molecule has 1 aromatic carbocycles. The van der Waals surface area contributed by atoms with Crippen LogP contribution in [0.4, 0.5) is 13.2 Å². The molecule has 0 saturated carbocycles. The molecule has 0 fully saturated rings. The van der Waals surface area contributed by atoms with E-state index >= 15 is 0 Å². The van der Waals surface area contributed by atoms with E-state index in [0.29, 0.717) is 5.56 Å². The molecule has 4 nitrogen and oxygen atoms in total. The van der Waals surface area contributed by atoms with E-state index in [1.54, 1.807) is 35.6 Å². The Hall–Kier alpha value is -1.50. The molecule has 0 atom stereocenters. The first-order valence-corrected chi connectivity index (χ1v) is 6.49. The summed E-state index contributed by atoms with van der Waals surface area (Å²) in [5, 5.41) is 9.02. The summed E-state index contributed by atoms with van der Waals surface area (Å²) in [7, 11) is 0. The summed E-state index contributed by atoms with van der Waals surface area (Å²) < 4.78 is 45.1. The topological polar surface area (TPSA) is 59.3 Å². The fourth-order valence-corrected chi connectivity index (χ4v) is 2.19. The molecule has 108 valence electrons. The Bertz CT molecular complexity index is 552. The van der Waals surface area contributed by atoms with Gasteiger partial charge in [-0.05, 0) is 41.1 Å². The Morgan fingerprint density at radius 1 is 1.45 bits per heavy atom. The van der Waals surface area contributed by atoms with Crippen LogP contribution in [0.15, 0.2) is 12.1 Å². The molecule has 0 saturated heterocycles. The molecule has 0 aliphatic rings. The molecule has 0 aliphatic carbocycles. The number of nitrogens with zero attached hydrogens (tertiary/aromatic N) is 1. The van der Waals surface area contributed by atoms with Gasteiger partial charge in [-0.1, -0.05) is 6.07 Å². The normalized spacial score (nSPS) is 10.8. The van der Waals surface area contributed by atoms with E-state index in [-0.39, 0.29) is 22.2 Å². The van der Waals surface area contributed by atoms with Gasteiger partial charge in [0.1, 0.15) is 11.8 Å². The Morgan fingerprint density at radius 2 is 2.10 bits per heavy atom. The van der Waals surface area contributed by atoms with E-state index < -0.39 is 18.1 Å². The average Bonchev–Trinajstić information content (AvgIpc) is 2.32. The monoisotopic (exact) mass is 399 g/mol. The van der Waals surface area contributed by atoms with Crippen molar-refractivity contribution < 1.29 is 27.4 Å². The average molecular weight is 399 g/mol. The number of ether oxygens (including phenoxy) is 2. The van der Waals surface area contributed by atoms with Crippen molar-refractivity contribution in [3.8, 4) is 11.8 Å². The molecule has 1 aromatic rings. The molecule has 0 N–H and O–H groups in total. The predicted octanol–water partition coefficient (Wildman–Crippen LogP) is 3.17. The third kappa shape index (κ3) is 4.56. The maximum atomic E-state index is 12.2. The van der Waals surface area contributed by atoms with Crippen LogP contribution in [0.3, 0.4) is 0 Å². The number of esters is 1. The number of carbonyl (C=O) groups is 1. The molecule has 8 heteroatoms. The summed E-state index contributed by atoms with van der Waals surface area (Å²) in [6.07, 6.45) is -5.02. The summed E-state index contributed by atoms with van der Waals surface area (Å²) in [5.41, 5.74) is 0.269. The van der Waals surface area contributed by atoms with Gasteiger partial charge in [0.15, 0.2) is 0 Å². The second-order valence-electron chi connectivity index (χ2n) is 3.55. The molecule has 0 unspecified atom stereocenters. The Balaban J connectivity index is 3.09. The van der Waals surface area contributed by atoms with Crippen molar-refractivity contribution in [3.63, 3.8) is 0 Å². The van der Waals surface area contributed by atoms with Crippen LogP contribution in [0.2, 0.25) is 0 Å². The lowest BCUT2D eigenvalue weighted by Crippen LogP contribution is -2.18. The van der Waals surface area contributed by atoms with Gasteiger partial charge in [0.05, 0.1) is 22.2 Å². The van der Waals surface area contributed by atoms with Gasteiger partial charge < -0.3 is 9.47 Å². The summed E-state index contributed by atoms with van der Waals surface area (Å²) in [6.45, 7) is 1.82. The number of alkyl halides is 3. The minimum atomic E-state index is -4.84. The number of hydrogen-bond donors (Lipinski definition) is 0. The van der Waals surface area contributed by atoms with E-state index in [4.69, 9.17) is 10.00 Å². The molecule has 0 aromatic heterocycles. The number of rotatable bonds is 4. The van der Waals surface area contributed by atoms with Gasteiger partial charge in [0.25, 0.3) is 0 Å². The number of hydrogen-bond acceptors (Lipinski definition) is 4. The third-order valence-electron chi connectivity index (χ3n) is 2.17. The second-order valence-corrected chi connectivity index (χ2v) is 4.63. The van der Waals surface area contributed by atoms with E-state index in [1.165, 1.54) is 6.07 Å². The van der Waals surface area contributed by atoms with E-state index in [0.717, 1.165) is 6.07 Å². The molecule has 0 bridgehead atoms. The molecular weight excluding hydrogens is 390 g/mol. The molecule has 20 heavy (non-hydrogen) atoms. The maximum absolute atomic E-state index is 12.2. The molecule has 0 amide bonds. The first-order valence-electron chi connectivity index (χ1n) is 5.41. The van der Waals surface area contributed by atoms with Gasteiger partial charge in [-0.25, -0.2) is 0 Å². The highest BCUT2D eigenvalue weighted by atomic mass is 127. The standard InChI is InChI=1S/C12H9F3INO3/c1-2-19-10(18)5-7-3-4-9(20-12(13,14)15)11(16)8(7)6-17/h3-4H,2,5H2,1H3. The molecule has 0 spiro atoms. The molecule has 0 radical (unpaired) electrons. The van der Waals surface area contributed by atoms with Crippen molar-refractivity contribution in [2.24, 2.45) is 0 Å². The highest BCUT2D eigenvalue weighted by Crippen LogP contribution is 2.31. The smallest absolute Gasteiger partial charge is 0.466 e. The first-order chi connectivity index (χ1) is 9.28. The van der Waals surface area contributed by atoms with Gasteiger partial charge in [0, 0.05) is 0 Å². The largest absolute Gasteiger partial charge is 0.573 e. The zero-order valence-corrected chi connectivity index (χ0v) is 12.4. The summed E-state index contributed by atoms with van der Waals surface area (Å²) in [5.74, 6) is -1.02. The van der Waals surface area contributed by atoms with E-state index in [9.17, 15) is 18.0 Å². The van der Waals surface area contributed by atoms with Crippen molar-refractivity contribution in [1.29, 1.82) is 5.26 Å². The zero-order valence-electron chi connectivity index (χ0n) is 10.3. The fraction of sp³-hybridized carbons (Fsp3) is 0.333. The minimum absolute atomic E-state index is 0.00391. The van der Waals surface area contributed by atoms with Crippen LogP contribution in [0, 0.1) is 14.9 Å².